The number of fused-ring (bicyclic) bond motifs is 1. The van der Waals surface area contributed by atoms with Gasteiger partial charge in [-0.2, -0.15) is 0 Å². The average molecular weight is 280 g/mol. The number of nitrogens with two attached hydrogens (primary N) is 1. The molecule has 0 fully saturated rings. The molecule has 0 saturated heterocycles. The zero-order chi connectivity index (χ0) is 15.0. The number of benzene rings is 2. The van der Waals surface area contributed by atoms with Crippen molar-refractivity contribution in [1.82, 2.24) is 4.98 Å². The number of aldehydes is 1. The Balaban J connectivity index is 2.16. The lowest BCUT2D eigenvalue weighted by atomic mass is 10.0. The number of ether oxygens (including phenoxy) is 1. The standard InChI is InChI=1S/C17H16N2O2/c1-10-11(9-20)3-5-14(17(10)18)16-8-12-7-13(21-2)4-6-15(12)19-16/h3-9,19H,18H2,1-2H3. The summed E-state index contributed by atoms with van der Waals surface area (Å²) >= 11 is 0. The van der Waals surface area contributed by atoms with E-state index in [4.69, 9.17) is 10.5 Å². The molecule has 0 aliphatic heterocycles. The van der Waals surface area contributed by atoms with Crippen LogP contribution in [0.25, 0.3) is 22.2 Å². The molecule has 4 nitrogen and oxygen atoms in total. The number of carbonyl (C=O) groups is 1. The van der Waals surface area contributed by atoms with Gasteiger partial charge in [-0.15, -0.1) is 0 Å². The second-order valence-electron chi connectivity index (χ2n) is 5.00. The third kappa shape index (κ3) is 2.14. The zero-order valence-corrected chi connectivity index (χ0v) is 11.9. The Bertz CT molecular complexity index is 834. The number of hydrogen-bond donors (Lipinski definition) is 2. The Labute approximate surface area is 122 Å². The van der Waals surface area contributed by atoms with E-state index >= 15 is 0 Å². The number of H-pyrrole nitrogens is 1. The first-order chi connectivity index (χ1) is 10.1. The summed E-state index contributed by atoms with van der Waals surface area (Å²) in [5, 5.41) is 1.06. The van der Waals surface area contributed by atoms with E-state index in [1.807, 2.05) is 37.3 Å². The molecule has 1 heterocycles. The molecule has 2 aromatic carbocycles. The molecule has 1 aromatic heterocycles. The van der Waals surface area contributed by atoms with E-state index in [0.717, 1.165) is 39.8 Å². The highest BCUT2D eigenvalue weighted by molar-refractivity contribution is 5.92. The number of nitrogens with one attached hydrogen (secondary N) is 1. The predicted molar refractivity (Wildman–Crippen MR) is 84.8 cm³/mol. The number of methoxy groups -OCH3 is 1. The van der Waals surface area contributed by atoms with Gasteiger partial charge in [0.15, 0.2) is 0 Å². The number of hydrogen-bond acceptors (Lipinski definition) is 3. The van der Waals surface area contributed by atoms with Gasteiger partial charge in [0.1, 0.15) is 12.0 Å². The molecule has 3 rings (SSSR count). The molecule has 4 heteroatoms. The molecular weight excluding hydrogens is 264 g/mol. The summed E-state index contributed by atoms with van der Waals surface area (Å²) in [6, 6.07) is 11.5. The Morgan fingerprint density at radius 3 is 2.71 bits per heavy atom. The summed E-state index contributed by atoms with van der Waals surface area (Å²) in [6.45, 7) is 1.86. The Morgan fingerprint density at radius 2 is 2.00 bits per heavy atom. The van der Waals surface area contributed by atoms with Gasteiger partial charge in [0, 0.05) is 33.4 Å². The highest BCUT2D eigenvalue weighted by Gasteiger charge is 2.11. The average Bonchev–Trinajstić information content (AvgIpc) is 2.92. The third-order valence-corrected chi connectivity index (χ3v) is 3.80. The number of carbonyl (C=O) groups excluding carboxylic acids is 1. The van der Waals surface area contributed by atoms with Crippen molar-refractivity contribution < 1.29 is 9.53 Å². The van der Waals surface area contributed by atoms with E-state index < -0.39 is 0 Å². The summed E-state index contributed by atoms with van der Waals surface area (Å²) in [5.74, 6) is 0.813. The molecule has 0 unspecified atom stereocenters. The first kappa shape index (κ1) is 13.2. The van der Waals surface area contributed by atoms with Gasteiger partial charge < -0.3 is 15.5 Å². The van der Waals surface area contributed by atoms with E-state index in [1.54, 1.807) is 13.2 Å². The van der Waals surface area contributed by atoms with Crippen LogP contribution in [0.3, 0.4) is 0 Å². The lowest BCUT2D eigenvalue weighted by molar-refractivity contribution is 0.112. The number of aromatic nitrogens is 1. The first-order valence-electron chi connectivity index (χ1n) is 6.65. The molecule has 0 aliphatic rings. The molecule has 0 saturated carbocycles. The number of anilines is 1. The topological polar surface area (TPSA) is 68.1 Å². The molecule has 3 N–H and O–H groups in total. The quantitative estimate of drug-likeness (QED) is 0.569. The van der Waals surface area contributed by atoms with Gasteiger partial charge in [0.2, 0.25) is 0 Å². The molecule has 3 aromatic rings. The molecule has 0 atom stereocenters. The second kappa shape index (κ2) is 4.98. The number of rotatable bonds is 3. The van der Waals surface area contributed by atoms with Crippen molar-refractivity contribution in [3.63, 3.8) is 0 Å². The largest absolute Gasteiger partial charge is 0.497 e. The molecule has 0 spiro atoms. The second-order valence-corrected chi connectivity index (χ2v) is 5.00. The molecule has 0 aliphatic carbocycles. The fourth-order valence-electron chi connectivity index (χ4n) is 2.49. The van der Waals surface area contributed by atoms with Crippen molar-refractivity contribution in [3.8, 4) is 17.0 Å². The van der Waals surface area contributed by atoms with Crippen LogP contribution in [0.15, 0.2) is 36.4 Å². The van der Waals surface area contributed by atoms with Gasteiger partial charge in [-0.3, -0.25) is 4.79 Å². The third-order valence-electron chi connectivity index (χ3n) is 3.80. The molecule has 0 bridgehead atoms. The van der Waals surface area contributed by atoms with Crippen LogP contribution in [0.2, 0.25) is 0 Å². The predicted octanol–water partition coefficient (Wildman–Crippen LogP) is 3.55. The van der Waals surface area contributed by atoms with E-state index in [0.29, 0.717) is 11.3 Å². The molecule has 21 heavy (non-hydrogen) atoms. The van der Waals surface area contributed by atoms with E-state index in [1.165, 1.54) is 0 Å². The van der Waals surface area contributed by atoms with Gasteiger partial charge in [-0.05, 0) is 36.8 Å². The van der Waals surface area contributed by atoms with Crippen LogP contribution in [-0.2, 0) is 0 Å². The lowest BCUT2D eigenvalue weighted by Gasteiger charge is -2.08. The maximum atomic E-state index is 11.0. The van der Waals surface area contributed by atoms with Crippen LogP contribution in [0.1, 0.15) is 15.9 Å². The van der Waals surface area contributed by atoms with Crippen molar-refractivity contribution in [3.05, 3.63) is 47.5 Å². The van der Waals surface area contributed by atoms with Crippen molar-refractivity contribution in [2.24, 2.45) is 0 Å². The molecule has 0 amide bonds. The highest BCUT2D eigenvalue weighted by atomic mass is 16.5. The maximum absolute atomic E-state index is 11.0. The Kier molecular flexibility index (Phi) is 3.14. The summed E-state index contributed by atoms with van der Waals surface area (Å²) < 4.78 is 5.23. The normalized spacial score (nSPS) is 10.8. The minimum atomic E-state index is 0.619. The smallest absolute Gasteiger partial charge is 0.150 e. The number of aromatic amines is 1. The van der Waals surface area contributed by atoms with E-state index in [-0.39, 0.29) is 0 Å². The van der Waals surface area contributed by atoms with Crippen LogP contribution in [0.5, 0.6) is 5.75 Å². The molecular formula is C17H16N2O2. The summed E-state index contributed by atoms with van der Waals surface area (Å²) in [7, 11) is 1.65. The Morgan fingerprint density at radius 1 is 1.19 bits per heavy atom. The summed E-state index contributed by atoms with van der Waals surface area (Å²) in [6.07, 6.45) is 0.825. The van der Waals surface area contributed by atoms with E-state index in [2.05, 4.69) is 4.98 Å². The number of nitrogen functional groups attached to an aromatic ring is 1. The van der Waals surface area contributed by atoms with Crippen LogP contribution in [0, 0.1) is 6.92 Å². The van der Waals surface area contributed by atoms with Gasteiger partial charge in [-0.1, -0.05) is 12.1 Å². The lowest BCUT2D eigenvalue weighted by Crippen LogP contribution is -1.97. The van der Waals surface area contributed by atoms with E-state index in [9.17, 15) is 4.79 Å². The van der Waals surface area contributed by atoms with Gasteiger partial charge in [0.05, 0.1) is 7.11 Å². The van der Waals surface area contributed by atoms with Crippen molar-refractivity contribution >= 4 is 22.9 Å². The van der Waals surface area contributed by atoms with Crippen LogP contribution in [0.4, 0.5) is 5.69 Å². The van der Waals surface area contributed by atoms with Crippen LogP contribution >= 0.6 is 0 Å². The maximum Gasteiger partial charge on any atom is 0.150 e. The SMILES string of the molecule is COc1ccc2[nH]c(-c3ccc(C=O)c(C)c3N)cc2c1. The monoisotopic (exact) mass is 280 g/mol. The van der Waals surface area contributed by atoms with Crippen molar-refractivity contribution in [2.75, 3.05) is 12.8 Å². The van der Waals surface area contributed by atoms with Crippen molar-refractivity contribution in [1.29, 1.82) is 0 Å². The first-order valence-corrected chi connectivity index (χ1v) is 6.65. The highest BCUT2D eigenvalue weighted by Crippen LogP contribution is 2.32. The van der Waals surface area contributed by atoms with Gasteiger partial charge in [-0.25, -0.2) is 0 Å². The minimum Gasteiger partial charge on any atom is -0.497 e. The summed E-state index contributed by atoms with van der Waals surface area (Å²) in [4.78, 5) is 14.3. The van der Waals surface area contributed by atoms with Crippen LogP contribution < -0.4 is 10.5 Å². The zero-order valence-electron chi connectivity index (χ0n) is 11.9. The summed E-state index contributed by atoms with van der Waals surface area (Å²) in [5.41, 5.74) is 11.1. The Hall–Kier alpha value is -2.75. The minimum absolute atomic E-state index is 0.619. The fourth-order valence-corrected chi connectivity index (χ4v) is 2.49. The van der Waals surface area contributed by atoms with Crippen LogP contribution in [-0.4, -0.2) is 18.4 Å². The molecule has 106 valence electrons. The van der Waals surface area contributed by atoms with Crippen molar-refractivity contribution in [2.45, 2.75) is 6.92 Å². The fraction of sp³-hybridized carbons (Fsp3) is 0.118. The molecule has 0 radical (unpaired) electrons. The van der Waals surface area contributed by atoms with Gasteiger partial charge >= 0.3 is 0 Å². The van der Waals surface area contributed by atoms with Gasteiger partial charge in [0.25, 0.3) is 0 Å².